The Hall–Kier alpha value is -2.88. The van der Waals surface area contributed by atoms with E-state index in [4.69, 9.17) is 0 Å². The van der Waals surface area contributed by atoms with Crippen LogP contribution in [0.1, 0.15) is 25.0 Å². The van der Waals surface area contributed by atoms with Gasteiger partial charge in [0, 0.05) is 24.7 Å². The molecule has 0 spiro atoms. The number of nitrogens with zero attached hydrogens (tertiary/aromatic N) is 2. The number of halogens is 1. The van der Waals surface area contributed by atoms with Crippen LogP contribution in [-0.4, -0.2) is 28.6 Å². The first-order chi connectivity index (χ1) is 12.1. The average Bonchev–Trinajstić information content (AvgIpc) is 3.07. The number of hydrogen-bond donors (Lipinski definition) is 0. The van der Waals surface area contributed by atoms with Crippen molar-refractivity contribution in [1.29, 1.82) is 0 Å². The molecule has 0 fully saturated rings. The number of fused-ring (bicyclic) bond motifs is 1. The lowest BCUT2D eigenvalue weighted by molar-refractivity contribution is 0.206. The quantitative estimate of drug-likeness (QED) is 0.597. The highest BCUT2D eigenvalue weighted by molar-refractivity contribution is 5.97. The molecule has 1 amide bonds. The van der Waals surface area contributed by atoms with Crippen molar-refractivity contribution in [3.63, 3.8) is 0 Å². The second-order valence-electron chi connectivity index (χ2n) is 5.81. The minimum atomic E-state index is -0.252. The zero-order valence-corrected chi connectivity index (χ0v) is 14.4. The van der Waals surface area contributed by atoms with Gasteiger partial charge in [0.15, 0.2) is 0 Å². The summed E-state index contributed by atoms with van der Waals surface area (Å²) in [5.74, 6) is -0.252. The van der Waals surface area contributed by atoms with E-state index in [0.29, 0.717) is 13.1 Å². The van der Waals surface area contributed by atoms with Gasteiger partial charge in [0.05, 0.1) is 5.52 Å². The van der Waals surface area contributed by atoms with Gasteiger partial charge < -0.3 is 4.90 Å². The van der Waals surface area contributed by atoms with Crippen molar-refractivity contribution in [3.05, 3.63) is 71.7 Å². The molecule has 3 nitrogen and oxygen atoms in total. The monoisotopic (exact) mass is 336 g/mol. The van der Waals surface area contributed by atoms with Gasteiger partial charge in [-0.05, 0) is 43.2 Å². The topological polar surface area (TPSA) is 25.2 Å². The highest BCUT2D eigenvalue weighted by Gasteiger charge is 2.15. The zero-order valence-electron chi connectivity index (χ0n) is 14.4. The third kappa shape index (κ3) is 3.48. The van der Waals surface area contributed by atoms with Crippen molar-refractivity contribution in [2.45, 2.75) is 13.8 Å². The Morgan fingerprint density at radius 2 is 1.76 bits per heavy atom. The van der Waals surface area contributed by atoms with Crippen LogP contribution < -0.4 is 0 Å². The fourth-order valence-electron chi connectivity index (χ4n) is 2.92. The van der Waals surface area contributed by atoms with E-state index >= 15 is 0 Å². The number of hydrogen-bond acceptors (Lipinski definition) is 1. The Morgan fingerprint density at radius 1 is 1.04 bits per heavy atom. The van der Waals surface area contributed by atoms with Crippen LogP contribution in [0, 0.1) is 5.82 Å². The summed E-state index contributed by atoms with van der Waals surface area (Å²) in [6, 6.07) is 14.2. The molecule has 3 rings (SSSR count). The molecular weight excluding hydrogens is 315 g/mol. The molecule has 4 heteroatoms. The zero-order chi connectivity index (χ0) is 17.8. The fraction of sp³-hybridized carbons (Fsp3) is 0.190. The second-order valence-corrected chi connectivity index (χ2v) is 5.81. The van der Waals surface area contributed by atoms with Gasteiger partial charge >= 0.3 is 6.03 Å². The minimum Gasteiger partial charge on any atom is -0.325 e. The SMILES string of the molecule is CCN(CC)C(=O)n1ccc2cccc(/C=C/c3ccc(F)cc3)c21. The maximum Gasteiger partial charge on any atom is 0.328 e. The van der Waals surface area contributed by atoms with E-state index in [-0.39, 0.29) is 11.8 Å². The lowest BCUT2D eigenvalue weighted by Gasteiger charge is -2.19. The molecule has 128 valence electrons. The Bertz CT molecular complexity index is 905. The molecule has 3 aromatic rings. The molecule has 0 saturated carbocycles. The molecule has 0 aliphatic rings. The summed E-state index contributed by atoms with van der Waals surface area (Å²) >= 11 is 0. The Kier molecular flexibility index (Phi) is 4.98. The van der Waals surface area contributed by atoms with Gasteiger partial charge in [-0.25, -0.2) is 9.18 Å². The Balaban J connectivity index is 2.02. The van der Waals surface area contributed by atoms with E-state index < -0.39 is 0 Å². The van der Waals surface area contributed by atoms with Crippen molar-refractivity contribution in [3.8, 4) is 0 Å². The van der Waals surface area contributed by atoms with Gasteiger partial charge in [-0.15, -0.1) is 0 Å². The number of aromatic nitrogens is 1. The van der Waals surface area contributed by atoms with Gasteiger partial charge in [0.1, 0.15) is 5.82 Å². The molecule has 0 saturated heterocycles. The van der Waals surface area contributed by atoms with Gasteiger partial charge in [-0.3, -0.25) is 4.57 Å². The molecule has 0 aliphatic heterocycles. The molecule has 0 bridgehead atoms. The van der Waals surface area contributed by atoms with E-state index in [0.717, 1.165) is 22.0 Å². The average molecular weight is 336 g/mol. The summed E-state index contributed by atoms with van der Waals surface area (Å²) < 4.78 is 14.7. The molecule has 1 heterocycles. The predicted octanol–water partition coefficient (Wildman–Crippen LogP) is 5.26. The Morgan fingerprint density at radius 3 is 2.44 bits per heavy atom. The van der Waals surface area contributed by atoms with Crippen LogP contribution in [0.15, 0.2) is 54.7 Å². The van der Waals surface area contributed by atoms with Gasteiger partial charge in [0.25, 0.3) is 0 Å². The lowest BCUT2D eigenvalue weighted by Crippen LogP contribution is -2.33. The molecule has 0 atom stereocenters. The van der Waals surface area contributed by atoms with Crippen molar-refractivity contribution >= 4 is 29.1 Å². The van der Waals surface area contributed by atoms with E-state index in [9.17, 15) is 9.18 Å². The number of carbonyl (C=O) groups excluding carboxylic acids is 1. The smallest absolute Gasteiger partial charge is 0.325 e. The molecule has 2 aromatic carbocycles. The largest absolute Gasteiger partial charge is 0.328 e. The molecule has 0 unspecified atom stereocenters. The summed E-state index contributed by atoms with van der Waals surface area (Å²) in [5.41, 5.74) is 2.75. The van der Waals surface area contributed by atoms with E-state index in [2.05, 4.69) is 0 Å². The van der Waals surface area contributed by atoms with E-state index in [1.165, 1.54) is 12.1 Å². The normalized spacial score (nSPS) is 11.3. The summed E-state index contributed by atoms with van der Waals surface area (Å²) in [6.45, 7) is 5.29. The number of carbonyl (C=O) groups is 1. The lowest BCUT2D eigenvalue weighted by atomic mass is 10.1. The summed E-state index contributed by atoms with van der Waals surface area (Å²) in [7, 11) is 0. The molecule has 1 aromatic heterocycles. The number of rotatable bonds is 4. The maximum atomic E-state index is 13.0. The van der Waals surface area contributed by atoms with E-state index in [1.54, 1.807) is 21.6 Å². The van der Waals surface area contributed by atoms with Crippen LogP contribution >= 0.6 is 0 Å². The maximum absolute atomic E-state index is 13.0. The van der Waals surface area contributed by atoms with Gasteiger partial charge in [0.2, 0.25) is 0 Å². The van der Waals surface area contributed by atoms with Gasteiger partial charge in [-0.1, -0.05) is 42.5 Å². The van der Waals surface area contributed by atoms with Crippen molar-refractivity contribution < 1.29 is 9.18 Å². The molecule has 25 heavy (non-hydrogen) atoms. The summed E-state index contributed by atoms with van der Waals surface area (Å²) in [6.07, 6.45) is 5.70. The summed E-state index contributed by atoms with van der Waals surface area (Å²) in [4.78, 5) is 14.6. The van der Waals surface area contributed by atoms with Crippen LogP contribution in [0.3, 0.4) is 0 Å². The first-order valence-corrected chi connectivity index (χ1v) is 8.47. The number of para-hydroxylation sites is 1. The fourth-order valence-corrected chi connectivity index (χ4v) is 2.92. The Labute approximate surface area is 147 Å². The first kappa shape index (κ1) is 17.0. The summed E-state index contributed by atoms with van der Waals surface area (Å²) in [5, 5.41) is 1.02. The third-order valence-electron chi connectivity index (χ3n) is 4.31. The molecule has 0 N–H and O–H groups in total. The molecule has 0 radical (unpaired) electrons. The van der Waals surface area contributed by atoms with Crippen LogP contribution in [-0.2, 0) is 0 Å². The predicted molar refractivity (Wildman–Crippen MR) is 101 cm³/mol. The third-order valence-corrected chi connectivity index (χ3v) is 4.31. The molecule has 0 aliphatic carbocycles. The first-order valence-electron chi connectivity index (χ1n) is 8.47. The van der Waals surface area contributed by atoms with Gasteiger partial charge in [-0.2, -0.15) is 0 Å². The number of amides is 1. The van der Waals surface area contributed by atoms with Crippen LogP contribution in [0.25, 0.3) is 23.1 Å². The van der Waals surface area contributed by atoms with Crippen molar-refractivity contribution in [1.82, 2.24) is 9.47 Å². The van der Waals surface area contributed by atoms with Crippen LogP contribution in [0.5, 0.6) is 0 Å². The second kappa shape index (κ2) is 7.34. The minimum absolute atomic E-state index is 0.0253. The van der Waals surface area contributed by atoms with Crippen LogP contribution in [0.2, 0.25) is 0 Å². The van der Waals surface area contributed by atoms with Crippen LogP contribution in [0.4, 0.5) is 9.18 Å². The van der Waals surface area contributed by atoms with Crippen molar-refractivity contribution in [2.75, 3.05) is 13.1 Å². The highest BCUT2D eigenvalue weighted by Crippen LogP contribution is 2.23. The van der Waals surface area contributed by atoms with E-state index in [1.807, 2.05) is 56.5 Å². The van der Waals surface area contributed by atoms with Crippen molar-refractivity contribution in [2.24, 2.45) is 0 Å². The standard InChI is InChI=1S/C21H21FN2O/c1-3-23(4-2)21(25)24-15-14-18-7-5-6-17(20(18)24)11-8-16-9-12-19(22)13-10-16/h5-15H,3-4H2,1-2H3/b11-8+. The number of benzene rings is 2. The highest BCUT2D eigenvalue weighted by atomic mass is 19.1. The molecular formula is C21H21FN2O.